The van der Waals surface area contributed by atoms with Crippen LogP contribution in [0.15, 0.2) is 35.3 Å². The van der Waals surface area contributed by atoms with Crippen LogP contribution in [0.5, 0.6) is 0 Å². The summed E-state index contributed by atoms with van der Waals surface area (Å²) in [4.78, 5) is 14.6. The topological polar surface area (TPSA) is 56.9 Å². The van der Waals surface area contributed by atoms with E-state index in [2.05, 4.69) is 15.6 Å². The lowest BCUT2D eigenvalue weighted by molar-refractivity contribution is -0.177. The summed E-state index contributed by atoms with van der Waals surface area (Å²) in [5.74, 6) is -0.764. The molecule has 0 amide bonds. The third-order valence-corrected chi connectivity index (χ3v) is 5.25. The minimum Gasteiger partial charge on any atom is -0.351 e. The van der Waals surface area contributed by atoms with Gasteiger partial charge >= 0.3 is 6.18 Å². The molecule has 4 nitrogen and oxygen atoms in total. The molecule has 27 heavy (non-hydrogen) atoms. The summed E-state index contributed by atoms with van der Waals surface area (Å²) in [5.41, 5.74) is -3.73. The van der Waals surface area contributed by atoms with Gasteiger partial charge in [0.2, 0.25) is 0 Å². The number of anilines is 2. The lowest BCUT2D eigenvalue weighted by Crippen LogP contribution is -2.54. The molecule has 0 fully saturated rings. The molecule has 1 aliphatic heterocycles. The van der Waals surface area contributed by atoms with E-state index < -0.39 is 29.5 Å². The van der Waals surface area contributed by atoms with Gasteiger partial charge in [0.05, 0.1) is 0 Å². The van der Waals surface area contributed by atoms with Crippen LogP contribution < -0.4 is 16.2 Å². The number of hydrogen-bond acceptors (Lipinski definition) is 3. The van der Waals surface area contributed by atoms with Gasteiger partial charge in [0, 0.05) is 30.0 Å². The van der Waals surface area contributed by atoms with Crippen molar-refractivity contribution in [1.29, 1.82) is 0 Å². The number of hydrogen-bond donors (Lipinski definition) is 3. The quantitative estimate of drug-likeness (QED) is 0.679. The van der Waals surface area contributed by atoms with Crippen LogP contribution in [0.2, 0.25) is 0 Å². The Morgan fingerprint density at radius 1 is 1.15 bits per heavy atom. The van der Waals surface area contributed by atoms with Crippen LogP contribution in [0, 0.1) is 5.82 Å². The Balaban J connectivity index is 2.29. The van der Waals surface area contributed by atoms with Crippen molar-refractivity contribution in [3.8, 4) is 0 Å². The molecule has 1 aliphatic rings. The van der Waals surface area contributed by atoms with E-state index in [-0.39, 0.29) is 28.5 Å². The first kappa shape index (κ1) is 19.4. The van der Waals surface area contributed by atoms with Crippen LogP contribution in [-0.4, -0.2) is 23.7 Å². The van der Waals surface area contributed by atoms with Crippen molar-refractivity contribution in [1.82, 2.24) is 10.3 Å². The largest absolute Gasteiger partial charge is 0.403 e. The Bertz CT molecular complexity index is 889. The van der Waals surface area contributed by atoms with E-state index in [9.17, 15) is 22.4 Å². The number of aromatic amines is 1. The van der Waals surface area contributed by atoms with Crippen molar-refractivity contribution in [3.63, 3.8) is 0 Å². The number of aromatic nitrogens is 1. The summed E-state index contributed by atoms with van der Waals surface area (Å²) >= 11 is 0. The molecule has 3 N–H and O–H groups in total. The van der Waals surface area contributed by atoms with Crippen LogP contribution in [0.4, 0.5) is 28.9 Å². The number of fused-ring (bicyclic) bond motifs is 2. The number of H-pyrrole nitrogens is 1. The van der Waals surface area contributed by atoms with Crippen molar-refractivity contribution in [2.45, 2.75) is 44.3 Å². The summed E-state index contributed by atoms with van der Waals surface area (Å²) in [7, 11) is 0. The van der Waals surface area contributed by atoms with Gasteiger partial charge in [-0.2, -0.15) is 13.2 Å². The van der Waals surface area contributed by atoms with Gasteiger partial charge in [-0.15, -0.1) is 0 Å². The molecule has 3 rings (SSSR count). The Labute approximate surface area is 154 Å². The van der Waals surface area contributed by atoms with E-state index in [1.807, 2.05) is 13.8 Å². The number of rotatable bonds is 5. The second-order valence-electron chi connectivity index (χ2n) is 6.71. The lowest BCUT2D eigenvalue weighted by Gasteiger charge is -2.42. The molecule has 0 aliphatic carbocycles. The van der Waals surface area contributed by atoms with Crippen LogP contribution in [0.25, 0.3) is 0 Å². The van der Waals surface area contributed by atoms with E-state index in [1.54, 1.807) is 0 Å². The minimum atomic E-state index is -4.75. The fraction of sp³-hybridized carbons (Fsp3) is 0.421. The van der Waals surface area contributed by atoms with Gasteiger partial charge in [-0.05, 0) is 42.7 Å². The van der Waals surface area contributed by atoms with E-state index in [0.717, 1.165) is 12.1 Å². The van der Waals surface area contributed by atoms with Crippen molar-refractivity contribution in [2.24, 2.45) is 0 Å². The number of pyridine rings is 1. The Hall–Kier alpha value is -2.35. The SMILES string of the molecule is CCC(CC)NCC1(C(F)(F)F)c2cc(F)ccc2Nc2c1cc[nH]c2=O. The van der Waals surface area contributed by atoms with E-state index in [4.69, 9.17) is 0 Å². The fourth-order valence-corrected chi connectivity index (χ4v) is 3.69. The van der Waals surface area contributed by atoms with Gasteiger partial charge in [-0.25, -0.2) is 4.39 Å². The van der Waals surface area contributed by atoms with Crippen molar-refractivity contribution in [2.75, 3.05) is 11.9 Å². The fourth-order valence-electron chi connectivity index (χ4n) is 3.69. The van der Waals surface area contributed by atoms with Gasteiger partial charge < -0.3 is 15.6 Å². The van der Waals surface area contributed by atoms with E-state index in [1.165, 1.54) is 18.3 Å². The number of alkyl halides is 3. The normalized spacial score (nSPS) is 18.8. The minimum absolute atomic E-state index is 0.0734. The standard InChI is InChI=1S/C19H21F4N3O/c1-3-12(4-2)25-10-18(19(21,22)23)13-7-8-24-17(27)16(13)26-15-6-5-11(20)9-14(15)18/h5-9,12,25-26H,3-4,10H2,1-2H3,(H,24,27). The second-order valence-corrected chi connectivity index (χ2v) is 6.71. The van der Waals surface area contributed by atoms with E-state index in [0.29, 0.717) is 12.8 Å². The third-order valence-electron chi connectivity index (χ3n) is 5.25. The number of benzene rings is 1. The third kappa shape index (κ3) is 3.12. The number of halogens is 4. The summed E-state index contributed by atoms with van der Waals surface area (Å²) in [6.07, 6.45) is -2.26. The molecule has 1 unspecified atom stereocenters. The monoisotopic (exact) mass is 383 g/mol. The molecular formula is C19H21F4N3O. The molecule has 0 radical (unpaired) electrons. The molecule has 0 saturated heterocycles. The van der Waals surface area contributed by atoms with Gasteiger partial charge in [0.15, 0.2) is 0 Å². The van der Waals surface area contributed by atoms with Crippen LogP contribution >= 0.6 is 0 Å². The van der Waals surface area contributed by atoms with Crippen molar-refractivity contribution >= 4 is 11.4 Å². The first-order chi connectivity index (χ1) is 12.7. The highest BCUT2D eigenvalue weighted by molar-refractivity contribution is 5.76. The molecule has 1 aromatic heterocycles. The average molecular weight is 383 g/mol. The Morgan fingerprint density at radius 2 is 1.85 bits per heavy atom. The maximum atomic E-state index is 14.6. The molecule has 1 atom stereocenters. The predicted molar refractivity (Wildman–Crippen MR) is 96.0 cm³/mol. The second kappa shape index (κ2) is 6.99. The van der Waals surface area contributed by atoms with Crippen LogP contribution in [0.3, 0.4) is 0 Å². The molecule has 0 spiro atoms. The molecule has 8 heteroatoms. The predicted octanol–water partition coefficient (Wildman–Crippen LogP) is 4.20. The van der Waals surface area contributed by atoms with Gasteiger partial charge in [-0.3, -0.25) is 4.79 Å². The maximum Gasteiger partial charge on any atom is 0.403 e. The molecule has 2 heterocycles. The molecule has 0 bridgehead atoms. The average Bonchev–Trinajstić information content (AvgIpc) is 2.61. The first-order valence-electron chi connectivity index (χ1n) is 8.84. The highest BCUT2D eigenvalue weighted by atomic mass is 19.4. The molecular weight excluding hydrogens is 362 g/mol. The highest BCUT2D eigenvalue weighted by Gasteiger charge is 2.60. The zero-order chi connectivity index (χ0) is 19.8. The van der Waals surface area contributed by atoms with Crippen LogP contribution in [0.1, 0.15) is 37.8 Å². The molecule has 146 valence electrons. The summed E-state index contributed by atoms with van der Waals surface area (Å²) in [5, 5.41) is 5.71. The van der Waals surface area contributed by atoms with Crippen LogP contribution in [-0.2, 0) is 5.41 Å². The summed E-state index contributed by atoms with van der Waals surface area (Å²) < 4.78 is 57.6. The lowest BCUT2D eigenvalue weighted by atomic mass is 9.70. The Morgan fingerprint density at radius 3 is 2.48 bits per heavy atom. The highest BCUT2D eigenvalue weighted by Crippen LogP contribution is 2.53. The smallest absolute Gasteiger partial charge is 0.351 e. The number of nitrogens with one attached hydrogen (secondary N) is 3. The van der Waals surface area contributed by atoms with Gasteiger partial charge in [0.25, 0.3) is 5.56 Å². The zero-order valence-corrected chi connectivity index (χ0v) is 15.0. The summed E-state index contributed by atoms with van der Waals surface area (Å²) in [6.45, 7) is 3.28. The van der Waals surface area contributed by atoms with Crippen molar-refractivity contribution in [3.05, 3.63) is 57.8 Å². The zero-order valence-electron chi connectivity index (χ0n) is 15.0. The maximum absolute atomic E-state index is 14.6. The summed E-state index contributed by atoms with van der Waals surface area (Å²) in [6, 6.07) is 4.32. The van der Waals surface area contributed by atoms with Gasteiger partial charge in [0.1, 0.15) is 16.9 Å². The molecule has 2 aromatic rings. The molecule has 0 saturated carbocycles. The molecule has 1 aromatic carbocycles. The van der Waals surface area contributed by atoms with Gasteiger partial charge in [-0.1, -0.05) is 13.8 Å². The Kier molecular flexibility index (Phi) is 5.03. The first-order valence-corrected chi connectivity index (χ1v) is 8.84. The van der Waals surface area contributed by atoms with Crippen molar-refractivity contribution < 1.29 is 17.6 Å². The van der Waals surface area contributed by atoms with E-state index >= 15 is 0 Å².